The van der Waals surface area contributed by atoms with Crippen molar-refractivity contribution in [1.29, 1.82) is 0 Å². The first-order valence-electron chi connectivity index (χ1n) is 23.9. The lowest BCUT2D eigenvalue weighted by Gasteiger charge is -2.43. The molecular weight excluding hydrogens is 876 g/mol. The van der Waals surface area contributed by atoms with Crippen molar-refractivity contribution in [3.63, 3.8) is 0 Å². The number of nitrogens with zero attached hydrogens (tertiary/aromatic N) is 2. The molecule has 3 aromatic carbocycles. The van der Waals surface area contributed by atoms with E-state index in [4.69, 9.17) is 9.47 Å². The molecule has 0 radical (unpaired) electrons. The monoisotopic (exact) mass is 950 g/mol. The van der Waals surface area contributed by atoms with Gasteiger partial charge in [0.2, 0.25) is 17.7 Å². The van der Waals surface area contributed by atoms with Gasteiger partial charge in [0.05, 0.1) is 0 Å². The lowest BCUT2D eigenvalue weighted by Crippen LogP contribution is -2.58. The molecule has 0 aromatic heterocycles. The van der Waals surface area contributed by atoms with E-state index in [0.29, 0.717) is 32.4 Å². The SMILES string of the molecule is CCN1C(=O)C(CCC(F)(F)F)C[C@@H](c2ccccc2)[C@H]1C.CCN1C(=O)C(NC(=O)OC(C)(C)C)C[C@@H](c2ccccc2)[C@H]1C.C[C@H]1NC(=O)C(NC(=O)OC(C)(C)C)C[C@H]1c1ccccc1. The number of rotatable bonds is 9. The number of piperidine rings is 3. The largest absolute Gasteiger partial charge is 0.444 e. The summed E-state index contributed by atoms with van der Waals surface area (Å²) >= 11 is 0. The molecule has 3 heterocycles. The van der Waals surface area contributed by atoms with Crippen molar-refractivity contribution in [2.45, 2.75) is 174 Å². The molecule has 3 aromatic rings. The second kappa shape index (κ2) is 24.1. The summed E-state index contributed by atoms with van der Waals surface area (Å²) in [6, 6.07) is 28.9. The third-order valence-corrected chi connectivity index (χ3v) is 12.7. The van der Waals surface area contributed by atoms with Gasteiger partial charge in [0.15, 0.2) is 0 Å². The van der Waals surface area contributed by atoms with Gasteiger partial charge in [-0.05, 0) is 119 Å². The van der Waals surface area contributed by atoms with Gasteiger partial charge in [-0.3, -0.25) is 14.4 Å². The van der Waals surface area contributed by atoms with Crippen molar-refractivity contribution >= 4 is 29.9 Å². The molecule has 12 nitrogen and oxygen atoms in total. The summed E-state index contributed by atoms with van der Waals surface area (Å²) < 4.78 is 48.0. The van der Waals surface area contributed by atoms with E-state index >= 15 is 0 Å². The van der Waals surface area contributed by atoms with E-state index in [1.54, 1.807) is 25.7 Å². The normalized spacial score (nSPS) is 25.4. The third-order valence-electron chi connectivity index (χ3n) is 12.7. The second-order valence-electron chi connectivity index (χ2n) is 20.0. The van der Waals surface area contributed by atoms with Gasteiger partial charge in [0.25, 0.3) is 0 Å². The summed E-state index contributed by atoms with van der Waals surface area (Å²) in [4.78, 5) is 64.8. The number of carbonyl (C=O) groups excluding carboxylic acids is 5. The number of amides is 5. The van der Waals surface area contributed by atoms with Crippen LogP contribution in [0.1, 0.15) is 143 Å². The zero-order chi connectivity index (χ0) is 50.6. The van der Waals surface area contributed by atoms with Gasteiger partial charge in [0.1, 0.15) is 23.3 Å². The maximum atomic E-state index is 12.7. The molecule has 0 saturated carbocycles. The van der Waals surface area contributed by atoms with Gasteiger partial charge in [-0.1, -0.05) is 91.0 Å². The Hall–Kier alpha value is -5.60. The molecular formula is C53H74F3N5O7. The summed E-state index contributed by atoms with van der Waals surface area (Å²) in [5.41, 5.74) is 2.27. The van der Waals surface area contributed by atoms with E-state index < -0.39 is 54.0 Å². The Morgan fingerprint density at radius 1 is 0.603 bits per heavy atom. The third kappa shape index (κ3) is 16.3. The first-order valence-corrected chi connectivity index (χ1v) is 23.9. The summed E-state index contributed by atoms with van der Waals surface area (Å²) in [6.07, 6.45) is -4.67. The maximum absolute atomic E-state index is 12.7. The van der Waals surface area contributed by atoms with Gasteiger partial charge in [-0.25, -0.2) is 9.59 Å². The Labute approximate surface area is 401 Å². The molecule has 3 saturated heterocycles. The Kier molecular flexibility index (Phi) is 19.5. The highest BCUT2D eigenvalue weighted by atomic mass is 19.4. The number of halogens is 3. The molecule has 15 heteroatoms. The van der Waals surface area contributed by atoms with Gasteiger partial charge >= 0.3 is 18.4 Å². The molecule has 0 bridgehead atoms. The fourth-order valence-electron chi connectivity index (χ4n) is 9.38. The molecule has 3 aliphatic rings. The van der Waals surface area contributed by atoms with Crippen LogP contribution in [0, 0.1) is 5.92 Å². The fourth-order valence-corrected chi connectivity index (χ4v) is 9.38. The molecule has 0 spiro atoms. The number of benzene rings is 3. The highest BCUT2D eigenvalue weighted by molar-refractivity contribution is 5.88. The van der Waals surface area contributed by atoms with E-state index in [1.165, 1.54) is 5.56 Å². The number of ether oxygens (including phenoxy) is 2. The standard InChI is InChI=1S/C19H28N2O3.C17H22F3NO.C17H24N2O3/c1-6-21-13(2)15(14-10-8-7-9-11-14)12-16(17(21)22)20-18(23)24-19(3,4)5;1-3-21-12(2)15(13-7-5-4-6-8-13)11-14(16(21)22)9-10-17(18,19)20;1-11-13(12-8-6-5-7-9-12)10-14(15(20)18-11)19-16(21)22-17(2,3)4/h7-11,13,15-16H,6,12H2,1-5H3,(H,20,23);4-8,12,14-15H,3,9-11H2,1-2H3;5-9,11,13-14H,10H2,1-4H3,(H,18,20)(H,19,21)/t13-,15-,16?;12-,14?,15-;11-,13-,14?/m111/s1. The molecule has 68 heavy (non-hydrogen) atoms. The average molecular weight is 950 g/mol. The van der Waals surface area contributed by atoms with Crippen LogP contribution in [0.4, 0.5) is 22.8 Å². The minimum Gasteiger partial charge on any atom is -0.444 e. The molecule has 6 rings (SSSR count). The Balaban J connectivity index is 0.000000223. The maximum Gasteiger partial charge on any atom is 0.408 e. The molecule has 374 valence electrons. The highest BCUT2D eigenvalue weighted by Gasteiger charge is 2.42. The molecule has 3 N–H and O–H groups in total. The van der Waals surface area contributed by atoms with Gasteiger partial charge in [0, 0.05) is 61.3 Å². The van der Waals surface area contributed by atoms with Crippen LogP contribution in [0.15, 0.2) is 91.0 Å². The second-order valence-corrected chi connectivity index (χ2v) is 20.0. The van der Waals surface area contributed by atoms with E-state index in [0.717, 1.165) is 11.1 Å². The van der Waals surface area contributed by atoms with Crippen molar-refractivity contribution in [3.05, 3.63) is 108 Å². The lowest BCUT2D eigenvalue weighted by molar-refractivity contribution is -0.150. The highest BCUT2D eigenvalue weighted by Crippen LogP contribution is 2.39. The minimum absolute atomic E-state index is 0.0158. The molecule has 0 aliphatic carbocycles. The Morgan fingerprint density at radius 2 is 0.985 bits per heavy atom. The first kappa shape index (κ1) is 55.0. The fraction of sp³-hybridized carbons (Fsp3) is 0.566. The summed E-state index contributed by atoms with van der Waals surface area (Å²) in [7, 11) is 0. The predicted molar refractivity (Wildman–Crippen MR) is 258 cm³/mol. The van der Waals surface area contributed by atoms with Crippen LogP contribution >= 0.6 is 0 Å². The molecule has 5 amide bonds. The molecule has 3 fully saturated rings. The van der Waals surface area contributed by atoms with Crippen LogP contribution < -0.4 is 16.0 Å². The number of alkyl carbamates (subject to hydrolysis) is 2. The van der Waals surface area contributed by atoms with Crippen molar-refractivity contribution in [2.75, 3.05) is 13.1 Å². The Morgan fingerprint density at radius 3 is 1.40 bits per heavy atom. The van der Waals surface area contributed by atoms with E-state index in [2.05, 4.69) is 35.0 Å². The predicted octanol–water partition coefficient (Wildman–Crippen LogP) is 10.2. The van der Waals surface area contributed by atoms with Gasteiger partial charge in [-0.2, -0.15) is 13.2 Å². The smallest absolute Gasteiger partial charge is 0.408 e. The van der Waals surface area contributed by atoms with Crippen molar-refractivity contribution in [3.8, 4) is 0 Å². The number of likely N-dealkylation sites (N-methyl/N-ethyl adjacent to an activating group) is 2. The number of nitrogens with one attached hydrogen (secondary N) is 3. The summed E-state index contributed by atoms with van der Waals surface area (Å²) in [5.74, 6) is -0.428. The Bertz CT molecular complexity index is 2100. The topological polar surface area (TPSA) is 146 Å². The van der Waals surface area contributed by atoms with E-state index in [9.17, 15) is 37.1 Å². The quantitative estimate of drug-likeness (QED) is 0.194. The number of hydrogen-bond donors (Lipinski definition) is 3. The zero-order valence-electron chi connectivity index (χ0n) is 41.7. The molecule has 3 unspecified atom stereocenters. The van der Waals surface area contributed by atoms with Crippen LogP contribution in [0.2, 0.25) is 0 Å². The van der Waals surface area contributed by atoms with Gasteiger partial charge in [-0.15, -0.1) is 0 Å². The molecule has 9 atom stereocenters. The number of carbonyl (C=O) groups is 5. The van der Waals surface area contributed by atoms with Crippen LogP contribution in [0.3, 0.4) is 0 Å². The van der Waals surface area contributed by atoms with E-state index in [1.807, 2.05) is 132 Å². The zero-order valence-corrected chi connectivity index (χ0v) is 41.7. The van der Waals surface area contributed by atoms with Crippen LogP contribution in [-0.2, 0) is 23.9 Å². The lowest BCUT2D eigenvalue weighted by atomic mass is 9.77. The van der Waals surface area contributed by atoms with Crippen LogP contribution in [-0.4, -0.2) is 100 Å². The molecule has 3 aliphatic heterocycles. The minimum atomic E-state index is -4.21. The van der Waals surface area contributed by atoms with Crippen molar-refractivity contribution < 1.29 is 46.6 Å². The van der Waals surface area contributed by atoms with Crippen LogP contribution in [0.5, 0.6) is 0 Å². The van der Waals surface area contributed by atoms with E-state index in [-0.39, 0.29) is 60.0 Å². The first-order chi connectivity index (χ1) is 31.8. The van der Waals surface area contributed by atoms with Gasteiger partial charge < -0.3 is 35.2 Å². The average Bonchev–Trinajstić information content (AvgIpc) is 3.25. The number of hydrogen-bond acceptors (Lipinski definition) is 7. The number of likely N-dealkylation sites (tertiary alicyclic amines) is 2. The van der Waals surface area contributed by atoms with Crippen molar-refractivity contribution in [1.82, 2.24) is 25.8 Å². The number of alkyl halides is 3. The van der Waals surface area contributed by atoms with Crippen molar-refractivity contribution in [2.24, 2.45) is 5.92 Å². The summed E-state index contributed by atoms with van der Waals surface area (Å²) in [5, 5.41) is 8.37. The summed E-state index contributed by atoms with van der Waals surface area (Å²) in [6.45, 7) is 21.8. The van der Waals surface area contributed by atoms with Crippen LogP contribution in [0.25, 0.3) is 0 Å².